The molecule has 0 aliphatic carbocycles. The lowest BCUT2D eigenvalue weighted by Crippen LogP contribution is -1.96. The Morgan fingerprint density at radius 1 is 1.26 bits per heavy atom. The van der Waals surface area contributed by atoms with Crippen molar-refractivity contribution in [2.45, 2.75) is 13.3 Å². The predicted molar refractivity (Wildman–Crippen MR) is 68.0 cm³/mol. The van der Waals surface area contributed by atoms with Gasteiger partial charge in [0.05, 0.1) is 5.56 Å². The lowest BCUT2D eigenvalue weighted by atomic mass is 10.2. The molecule has 2 heterocycles. The predicted octanol–water partition coefficient (Wildman–Crippen LogP) is 3.35. The minimum Gasteiger partial charge on any atom is -0.478 e. The standard InChI is InChI=1S/C14H11NO4/c1-2-8-6-7-11(18-8)13-15-12-9(14(16)17)4-3-5-10(12)19-13/h3-7H,2H2,1H3,(H,16,17). The highest BCUT2D eigenvalue weighted by Gasteiger charge is 2.17. The highest BCUT2D eigenvalue weighted by Crippen LogP contribution is 2.27. The number of carbonyl (C=O) groups is 1. The molecule has 2 aromatic heterocycles. The lowest BCUT2D eigenvalue weighted by molar-refractivity contribution is 0.0699. The van der Waals surface area contributed by atoms with Crippen molar-refractivity contribution in [3.8, 4) is 11.7 Å². The molecule has 5 nitrogen and oxygen atoms in total. The maximum atomic E-state index is 11.1. The molecule has 0 atom stereocenters. The second-order valence-corrected chi connectivity index (χ2v) is 4.10. The number of aromatic nitrogens is 1. The second kappa shape index (κ2) is 4.28. The summed E-state index contributed by atoms with van der Waals surface area (Å²) >= 11 is 0. The van der Waals surface area contributed by atoms with E-state index in [1.807, 2.05) is 13.0 Å². The molecule has 0 fully saturated rings. The summed E-state index contributed by atoms with van der Waals surface area (Å²) in [5.74, 6) is 0.600. The van der Waals surface area contributed by atoms with Gasteiger partial charge in [0.15, 0.2) is 11.3 Å². The van der Waals surface area contributed by atoms with Gasteiger partial charge in [0.25, 0.3) is 5.89 Å². The average Bonchev–Trinajstić information content (AvgIpc) is 3.03. The van der Waals surface area contributed by atoms with E-state index in [-0.39, 0.29) is 5.56 Å². The van der Waals surface area contributed by atoms with Gasteiger partial charge in [-0.1, -0.05) is 13.0 Å². The molecule has 0 saturated carbocycles. The third-order valence-electron chi connectivity index (χ3n) is 2.87. The first-order valence-corrected chi connectivity index (χ1v) is 5.91. The van der Waals surface area contributed by atoms with Gasteiger partial charge in [-0.3, -0.25) is 0 Å². The lowest BCUT2D eigenvalue weighted by Gasteiger charge is -1.92. The number of carboxylic acids is 1. The van der Waals surface area contributed by atoms with Gasteiger partial charge < -0.3 is 13.9 Å². The van der Waals surface area contributed by atoms with Crippen LogP contribution in [0.1, 0.15) is 23.0 Å². The van der Waals surface area contributed by atoms with E-state index in [9.17, 15) is 4.79 Å². The average molecular weight is 257 g/mol. The van der Waals surface area contributed by atoms with Crippen molar-refractivity contribution in [1.82, 2.24) is 4.98 Å². The van der Waals surface area contributed by atoms with Crippen molar-refractivity contribution in [2.75, 3.05) is 0 Å². The van der Waals surface area contributed by atoms with Crippen LogP contribution < -0.4 is 0 Å². The first-order chi connectivity index (χ1) is 9.19. The fraction of sp³-hybridized carbons (Fsp3) is 0.143. The Kier molecular flexibility index (Phi) is 2.59. The van der Waals surface area contributed by atoms with Gasteiger partial charge >= 0.3 is 5.97 Å². The Labute approximate surface area is 108 Å². The molecule has 0 saturated heterocycles. The molecule has 3 aromatic rings. The quantitative estimate of drug-likeness (QED) is 0.778. The van der Waals surface area contributed by atoms with Gasteiger partial charge in [-0.2, -0.15) is 0 Å². The third kappa shape index (κ3) is 1.89. The van der Waals surface area contributed by atoms with Crippen LogP contribution in [0.25, 0.3) is 22.8 Å². The topological polar surface area (TPSA) is 76.5 Å². The highest BCUT2D eigenvalue weighted by molar-refractivity contribution is 6.00. The number of rotatable bonds is 3. The van der Waals surface area contributed by atoms with Gasteiger partial charge in [0.2, 0.25) is 0 Å². The van der Waals surface area contributed by atoms with Crippen LogP contribution in [-0.2, 0) is 6.42 Å². The number of aryl methyl sites for hydroxylation is 1. The van der Waals surface area contributed by atoms with E-state index < -0.39 is 5.97 Å². The molecule has 0 spiro atoms. The SMILES string of the molecule is CCc1ccc(-c2nc3c(C(=O)O)cccc3o2)o1. The van der Waals surface area contributed by atoms with Crippen molar-refractivity contribution < 1.29 is 18.7 Å². The van der Waals surface area contributed by atoms with Crippen LogP contribution in [-0.4, -0.2) is 16.1 Å². The zero-order chi connectivity index (χ0) is 13.4. The first kappa shape index (κ1) is 11.5. The summed E-state index contributed by atoms with van der Waals surface area (Å²) in [6, 6.07) is 8.42. The van der Waals surface area contributed by atoms with Crippen molar-refractivity contribution in [3.63, 3.8) is 0 Å². The minimum absolute atomic E-state index is 0.120. The van der Waals surface area contributed by atoms with E-state index in [2.05, 4.69) is 4.98 Å². The van der Waals surface area contributed by atoms with Gasteiger partial charge in [-0.05, 0) is 24.3 Å². The second-order valence-electron chi connectivity index (χ2n) is 4.10. The molecule has 19 heavy (non-hydrogen) atoms. The molecule has 1 aromatic carbocycles. The van der Waals surface area contributed by atoms with Crippen LogP contribution in [0, 0.1) is 0 Å². The summed E-state index contributed by atoms with van der Waals surface area (Å²) < 4.78 is 11.1. The van der Waals surface area contributed by atoms with Crippen molar-refractivity contribution in [2.24, 2.45) is 0 Å². The number of fused-ring (bicyclic) bond motifs is 1. The van der Waals surface area contributed by atoms with Gasteiger partial charge in [-0.25, -0.2) is 9.78 Å². The largest absolute Gasteiger partial charge is 0.478 e. The van der Waals surface area contributed by atoms with E-state index in [0.717, 1.165) is 12.2 Å². The molecule has 5 heteroatoms. The number of hydrogen-bond donors (Lipinski definition) is 1. The molecular weight excluding hydrogens is 246 g/mol. The molecule has 0 amide bonds. The smallest absolute Gasteiger partial charge is 0.338 e. The van der Waals surface area contributed by atoms with E-state index in [4.69, 9.17) is 13.9 Å². The maximum Gasteiger partial charge on any atom is 0.338 e. The molecule has 1 N–H and O–H groups in total. The zero-order valence-electron chi connectivity index (χ0n) is 10.2. The van der Waals surface area contributed by atoms with E-state index in [0.29, 0.717) is 22.8 Å². The first-order valence-electron chi connectivity index (χ1n) is 5.91. The number of oxazole rings is 1. The van der Waals surface area contributed by atoms with Crippen molar-refractivity contribution in [1.29, 1.82) is 0 Å². The number of hydrogen-bond acceptors (Lipinski definition) is 4. The van der Waals surface area contributed by atoms with Crippen molar-refractivity contribution in [3.05, 3.63) is 41.7 Å². The Bertz CT molecular complexity index is 754. The summed E-state index contributed by atoms with van der Waals surface area (Å²) in [6.07, 6.45) is 0.778. The van der Waals surface area contributed by atoms with Crippen LogP contribution in [0.15, 0.2) is 39.2 Å². The summed E-state index contributed by atoms with van der Waals surface area (Å²) in [5, 5.41) is 9.10. The Morgan fingerprint density at radius 3 is 2.79 bits per heavy atom. The summed E-state index contributed by atoms with van der Waals surface area (Å²) in [7, 11) is 0. The zero-order valence-corrected chi connectivity index (χ0v) is 10.2. The van der Waals surface area contributed by atoms with Gasteiger partial charge in [0.1, 0.15) is 11.3 Å². The van der Waals surface area contributed by atoms with Crippen LogP contribution in [0.5, 0.6) is 0 Å². The number of furan rings is 1. The van der Waals surface area contributed by atoms with Crippen LogP contribution >= 0.6 is 0 Å². The number of para-hydroxylation sites is 1. The normalized spacial score (nSPS) is 11.0. The Balaban J connectivity index is 2.16. The fourth-order valence-corrected chi connectivity index (χ4v) is 1.91. The van der Waals surface area contributed by atoms with E-state index in [1.54, 1.807) is 18.2 Å². The number of nitrogens with zero attached hydrogens (tertiary/aromatic N) is 1. The molecular formula is C14H11NO4. The number of aromatic carboxylic acids is 1. The van der Waals surface area contributed by atoms with Gasteiger partial charge in [-0.15, -0.1) is 0 Å². The molecule has 96 valence electrons. The molecule has 0 radical (unpaired) electrons. The number of carboxylic acid groups (broad SMARTS) is 1. The molecule has 0 unspecified atom stereocenters. The van der Waals surface area contributed by atoms with Gasteiger partial charge in [0, 0.05) is 6.42 Å². The number of benzene rings is 1. The summed E-state index contributed by atoms with van der Waals surface area (Å²) in [5.41, 5.74) is 0.888. The molecule has 3 rings (SSSR count). The van der Waals surface area contributed by atoms with E-state index in [1.165, 1.54) is 6.07 Å². The Morgan fingerprint density at radius 2 is 2.11 bits per heavy atom. The molecule has 0 bridgehead atoms. The fourth-order valence-electron chi connectivity index (χ4n) is 1.91. The van der Waals surface area contributed by atoms with Crippen LogP contribution in [0.2, 0.25) is 0 Å². The van der Waals surface area contributed by atoms with Crippen molar-refractivity contribution >= 4 is 17.1 Å². The maximum absolute atomic E-state index is 11.1. The monoisotopic (exact) mass is 257 g/mol. The Hall–Kier alpha value is -2.56. The van der Waals surface area contributed by atoms with Crippen LogP contribution in [0.3, 0.4) is 0 Å². The summed E-state index contributed by atoms with van der Waals surface area (Å²) in [6.45, 7) is 1.98. The van der Waals surface area contributed by atoms with E-state index >= 15 is 0 Å². The molecule has 0 aliphatic heterocycles. The molecule has 0 aliphatic rings. The summed E-state index contributed by atoms with van der Waals surface area (Å²) in [4.78, 5) is 15.3. The minimum atomic E-state index is -1.03. The van der Waals surface area contributed by atoms with Crippen LogP contribution in [0.4, 0.5) is 0 Å². The third-order valence-corrected chi connectivity index (χ3v) is 2.87. The highest BCUT2D eigenvalue weighted by atomic mass is 16.4.